The van der Waals surface area contributed by atoms with Crippen molar-refractivity contribution in [1.29, 1.82) is 0 Å². The Morgan fingerprint density at radius 3 is 2.13 bits per heavy atom. The first-order valence-electron chi connectivity index (χ1n) is 12.9. The fraction of sp³-hybridized carbons (Fsp3) is 0.258. The number of rotatable bonds is 8. The predicted octanol–water partition coefficient (Wildman–Crippen LogP) is 5.79. The van der Waals surface area contributed by atoms with E-state index in [1.807, 2.05) is 46.7 Å². The molecule has 38 heavy (non-hydrogen) atoms. The molecule has 1 aromatic heterocycles. The van der Waals surface area contributed by atoms with E-state index in [4.69, 9.17) is 0 Å². The highest BCUT2D eigenvalue weighted by Gasteiger charge is 2.26. The Labute approximate surface area is 226 Å². The van der Waals surface area contributed by atoms with Crippen LogP contribution in [0.5, 0.6) is 0 Å². The van der Waals surface area contributed by atoms with Crippen LogP contribution < -0.4 is 5.32 Å². The van der Waals surface area contributed by atoms with Crippen LogP contribution in [0.2, 0.25) is 0 Å². The number of hydrogen-bond acceptors (Lipinski definition) is 4. The Balaban J connectivity index is 1.16. The van der Waals surface area contributed by atoms with Crippen LogP contribution in [0.25, 0.3) is 0 Å². The van der Waals surface area contributed by atoms with Crippen molar-refractivity contribution in [2.45, 2.75) is 31.1 Å². The third-order valence-electron chi connectivity index (χ3n) is 7.09. The molecule has 4 aromatic rings. The Morgan fingerprint density at radius 1 is 0.921 bits per heavy atom. The topological polar surface area (TPSA) is 62.3 Å². The van der Waals surface area contributed by atoms with E-state index in [-0.39, 0.29) is 35.9 Å². The van der Waals surface area contributed by atoms with Gasteiger partial charge in [0.05, 0.1) is 11.4 Å². The van der Waals surface area contributed by atoms with Crippen molar-refractivity contribution in [3.8, 4) is 0 Å². The number of benzene rings is 3. The lowest BCUT2D eigenvalue weighted by Crippen LogP contribution is -2.38. The summed E-state index contributed by atoms with van der Waals surface area (Å²) >= 11 is 1.51. The molecule has 7 heteroatoms. The third-order valence-corrected chi connectivity index (χ3v) is 8.10. The van der Waals surface area contributed by atoms with Gasteiger partial charge in [-0.05, 0) is 41.7 Å². The second-order valence-electron chi connectivity index (χ2n) is 9.61. The zero-order valence-corrected chi connectivity index (χ0v) is 21.9. The fourth-order valence-electron chi connectivity index (χ4n) is 4.93. The van der Waals surface area contributed by atoms with Crippen LogP contribution in [0.1, 0.15) is 56.9 Å². The van der Waals surface area contributed by atoms with Gasteiger partial charge in [0, 0.05) is 36.9 Å². The van der Waals surface area contributed by atoms with Crippen molar-refractivity contribution in [3.63, 3.8) is 0 Å². The third kappa shape index (κ3) is 6.34. The van der Waals surface area contributed by atoms with Gasteiger partial charge < -0.3 is 10.2 Å². The maximum absolute atomic E-state index is 13.1. The van der Waals surface area contributed by atoms with Crippen molar-refractivity contribution in [2.75, 3.05) is 19.6 Å². The molecule has 0 saturated carbocycles. The first kappa shape index (κ1) is 25.8. The van der Waals surface area contributed by atoms with E-state index in [9.17, 15) is 14.0 Å². The second kappa shape index (κ2) is 12.1. The van der Waals surface area contributed by atoms with Gasteiger partial charge in [-0.15, -0.1) is 11.3 Å². The highest BCUT2D eigenvalue weighted by molar-refractivity contribution is 7.09. The number of halogens is 1. The second-order valence-corrected chi connectivity index (χ2v) is 10.5. The fourth-order valence-corrected chi connectivity index (χ4v) is 5.90. The van der Waals surface area contributed by atoms with Gasteiger partial charge in [0.15, 0.2) is 0 Å². The molecule has 5 nitrogen and oxygen atoms in total. The summed E-state index contributed by atoms with van der Waals surface area (Å²) in [6, 6.07) is 26.5. The first-order valence-corrected chi connectivity index (χ1v) is 13.8. The molecule has 1 aliphatic rings. The molecule has 0 radical (unpaired) electrons. The van der Waals surface area contributed by atoms with Gasteiger partial charge in [-0.25, -0.2) is 9.37 Å². The highest BCUT2D eigenvalue weighted by atomic mass is 32.1. The molecule has 0 atom stereocenters. The maximum atomic E-state index is 13.1. The molecule has 1 aliphatic heterocycles. The average molecular weight is 528 g/mol. The van der Waals surface area contributed by atoms with Crippen molar-refractivity contribution >= 4 is 23.2 Å². The number of piperidine rings is 1. The lowest BCUT2D eigenvalue weighted by Gasteiger charge is -2.31. The molecule has 1 fully saturated rings. The molecular formula is C31H30FN3O2S. The summed E-state index contributed by atoms with van der Waals surface area (Å²) in [6.07, 6.45) is 1.90. The molecule has 0 bridgehead atoms. The van der Waals surface area contributed by atoms with Gasteiger partial charge in [-0.2, -0.15) is 0 Å². The molecule has 0 spiro atoms. The van der Waals surface area contributed by atoms with E-state index < -0.39 is 0 Å². The maximum Gasteiger partial charge on any atom is 0.270 e. The Morgan fingerprint density at radius 2 is 1.53 bits per heavy atom. The number of nitrogens with zero attached hydrogens (tertiary/aromatic N) is 2. The van der Waals surface area contributed by atoms with Gasteiger partial charge >= 0.3 is 0 Å². The summed E-state index contributed by atoms with van der Waals surface area (Å²) in [7, 11) is 0. The predicted molar refractivity (Wildman–Crippen MR) is 148 cm³/mol. The minimum absolute atomic E-state index is 0.0521. The van der Waals surface area contributed by atoms with Crippen LogP contribution >= 0.6 is 11.3 Å². The SMILES string of the molecule is O=C(NCC(c1ccccc1)c1ccccc1)c1csc(C2CCN(C(=O)Cc3ccc(F)cc3)CC2)n1. The molecular weight excluding hydrogens is 497 g/mol. The van der Waals surface area contributed by atoms with Crippen molar-refractivity contribution in [2.24, 2.45) is 0 Å². The molecule has 0 aliphatic carbocycles. The molecule has 2 heterocycles. The number of hydrogen-bond donors (Lipinski definition) is 1. The van der Waals surface area contributed by atoms with E-state index in [1.165, 1.54) is 23.5 Å². The first-order chi connectivity index (χ1) is 18.6. The van der Waals surface area contributed by atoms with E-state index in [1.54, 1.807) is 12.1 Å². The van der Waals surface area contributed by atoms with Gasteiger partial charge in [-0.1, -0.05) is 72.8 Å². The van der Waals surface area contributed by atoms with Crippen LogP contribution in [-0.2, 0) is 11.2 Å². The normalized spacial score (nSPS) is 14.0. The number of carbonyl (C=O) groups excluding carboxylic acids is 2. The standard InChI is InChI=1S/C31H30FN3O2S/c32-26-13-11-22(12-14-26)19-29(36)35-17-15-25(16-18-35)31-34-28(21-38-31)30(37)33-20-27(23-7-3-1-4-8-23)24-9-5-2-6-10-24/h1-14,21,25,27H,15-20H2,(H,33,37). The number of carbonyl (C=O) groups is 2. The van der Waals surface area contributed by atoms with E-state index >= 15 is 0 Å². The number of aromatic nitrogens is 1. The zero-order valence-electron chi connectivity index (χ0n) is 21.1. The minimum atomic E-state index is -0.300. The number of nitrogens with one attached hydrogen (secondary N) is 1. The Bertz CT molecular complexity index is 1310. The smallest absolute Gasteiger partial charge is 0.270 e. The molecule has 5 rings (SSSR count). The molecule has 1 N–H and O–H groups in total. The summed E-state index contributed by atoms with van der Waals surface area (Å²) < 4.78 is 13.1. The summed E-state index contributed by atoms with van der Waals surface area (Å²) in [6.45, 7) is 1.79. The molecule has 2 amide bonds. The quantitative estimate of drug-likeness (QED) is 0.315. The average Bonchev–Trinajstić information content (AvgIpc) is 3.46. The van der Waals surface area contributed by atoms with Gasteiger partial charge in [0.2, 0.25) is 5.91 Å². The van der Waals surface area contributed by atoms with Gasteiger partial charge in [0.25, 0.3) is 5.91 Å². The largest absolute Gasteiger partial charge is 0.350 e. The van der Waals surface area contributed by atoms with Crippen molar-refractivity contribution < 1.29 is 14.0 Å². The highest BCUT2D eigenvalue weighted by Crippen LogP contribution is 2.31. The molecule has 3 aromatic carbocycles. The van der Waals surface area contributed by atoms with Crippen molar-refractivity contribution in [1.82, 2.24) is 15.2 Å². The molecule has 1 saturated heterocycles. The van der Waals surface area contributed by atoms with Crippen LogP contribution in [-0.4, -0.2) is 41.3 Å². The lowest BCUT2D eigenvalue weighted by molar-refractivity contribution is -0.131. The lowest BCUT2D eigenvalue weighted by atomic mass is 9.91. The molecule has 194 valence electrons. The summed E-state index contributed by atoms with van der Waals surface area (Å²) in [4.78, 5) is 32.2. The monoisotopic (exact) mass is 527 g/mol. The number of amides is 2. The van der Waals surface area contributed by atoms with Crippen LogP contribution in [0, 0.1) is 5.82 Å². The zero-order chi connectivity index (χ0) is 26.3. The summed E-state index contributed by atoms with van der Waals surface area (Å²) in [5.74, 6) is -0.128. The number of thiazole rings is 1. The number of likely N-dealkylation sites (tertiary alicyclic amines) is 1. The van der Waals surface area contributed by atoms with Crippen LogP contribution in [0.3, 0.4) is 0 Å². The van der Waals surface area contributed by atoms with Crippen LogP contribution in [0.4, 0.5) is 4.39 Å². The van der Waals surface area contributed by atoms with Crippen LogP contribution in [0.15, 0.2) is 90.3 Å². The Kier molecular flexibility index (Phi) is 8.24. The van der Waals surface area contributed by atoms with Crippen molar-refractivity contribution in [3.05, 3.63) is 124 Å². The van der Waals surface area contributed by atoms with Gasteiger partial charge in [-0.3, -0.25) is 9.59 Å². The van der Waals surface area contributed by atoms with E-state index in [0.29, 0.717) is 25.3 Å². The molecule has 0 unspecified atom stereocenters. The minimum Gasteiger partial charge on any atom is -0.350 e. The van der Waals surface area contributed by atoms with E-state index in [2.05, 4.69) is 34.6 Å². The Hall–Kier alpha value is -3.84. The summed E-state index contributed by atoms with van der Waals surface area (Å²) in [5.41, 5.74) is 3.56. The summed E-state index contributed by atoms with van der Waals surface area (Å²) in [5, 5.41) is 5.87. The van der Waals surface area contributed by atoms with Gasteiger partial charge in [0.1, 0.15) is 11.5 Å². The van der Waals surface area contributed by atoms with E-state index in [0.717, 1.165) is 34.5 Å².